The summed E-state index contributed by atoms with van der Waals surface area (Å²) in [6, 6.07) is 18.8. The Morgan fingerprint density at radius 2 is 1.53 bits per heavy atom. The zero-order chi connectivity index (χ0) is 24.9. The SMILES string of the molecule is CC[C@@H](N=C(c1ccccc1)c1ccccc1)[C@H](OC(=O)N1C(C)(C)COC1(C)C)C(=O)OC. The molecule has 2 aromatic carbocycles. The second kappa shape index (κ2) is 10.4. The molecule has 3 rings (SSSR count). The van der Waals surface area contributed by atoms with Gasteiger partial charge in [0.1, 0.15) is 5.72 Å². The largest absolute Gasteiger partial charge is 0.466 e. The Morgan fingerprint density at radius 1 is 1.00 bits per heavy atom. The summed E-state index contributed by atoms with van der Waals surface area (Å²) in [7, 11) is 1.28. The van der Waals surface area contributed by atoms with Gasteiger partial charge in [-0.05, 0) is 34.1 Å². The maximum atomic E-state index is 13.3. The van der Waals surface area contributed by atoms with Gasteiger partial charge in [-0.15, -0.1) is 0 Å². The molecule has 0 radical (unpaired) electrons. The second-order valence-electron chi connectivity index (χ2n) is 9.40. The third-order valence-electron chi connectivity index (χ3n) is 5.92. The molecule has 0 aliphatic carbocycles. The van der Waals surface area contributed by atoms with E-state index in [1.807, 2.05) is 81.4 Å². The van der Waals surface area contributed by atoms with Crippen molar-refractivity contribution in [3.05, 3.63) is 71.8 Å². The average molecular weight is 467 g/mol. The van der Waals surface area contributed by atoms with Crippen molar-refractivity contribution < 1.29 is 23.8 Å². The first-order valence-corrected chi connectivity index (χ1v) is 11.5. The van der Waals surface area contributed by atoms with E-state index in [0.29, 0.717) is 18.7 Å². The molecular formula is C27H34N2O5. The molecule has 0 saturated carbocycles. The summed E-state index contributed by atoms with van der Waals surface area (Å²) in [5.41, 5.74) is 1.05. The van der Waals surface area contributed by atoms with Crippen LogP contribution in [0.2, 0.25) is 0 Å². The summed E-state index contributed by atoms with van der Waals surface area (Å²) >= 11 is 0. The van der Waals surface area contributed by atoms with Crippen molar-refractivity contribution >= 4 is 17.8 Å². The highest BCUT2D eigenvalue weighted by Gasteiger charge is 2.51. The first kappa shape index (κ1) is 25.4. The molecule has 0 unspecified atom stereocenters. The van der Waals surface area contributed by atoms with Crippen LogP contribution in [0.1, 0.15) is 52.2 Å². The minimum Gasteiger partial charge on any atom is -0.466 e. The molecule has 0 aromatic heterocycles. The smallest absolute Gasteiger partial charge is 0.413 e. The van der Waals surface area contributed by atoms with E-state index in [0.717, 1.165) is 11.1 Å². The number of esters is 1. The van der Waals surface area contributed by atoms with Gasteiger partial charge in [-0.1, -0.05) is 67.6 Å². The van der Waals surface area contributed by atoms with Gasteiger partial charge in [-0.25, -0.2) is 9.59 Å². The van der Waals surface area contributed by atoms with Crippen LogP contribution < -0.4 is 0 Å². The predicted molar refractivity (Wildman–Crippen MR) is 131 cm³/mol. The van der Waals surface area contributed by atoms with Crippen LogP contribution in [0.5, 0.6) is 0 Å². The Morgan fingerprint density at radius 3 is 1.94 bits per heavy atom. The van der Waals surface area contributed by atoms with E-state index in [1.165, 1.54) is 12.0 Å². The standard InChI is InChI=1S/C27H34N2O5/c1-7-21(28-22(19-14-10-8-11-15-19)20-16-12-9-13-17-20)23(24(30)32-6)34-25(31)29-26(2,3)18-33-27(29,4)5/h8-17,21,23H,7,18H2,1-6H3/t21-,23+/m1/s1. The summed E-state index contributed by atoms with van der Waals surface area (Å²) in [5, 5.41) is 0. The first-order valence-electron chi connectivity index (χ1n) is 11.5. The molecule has 0 spiro atoms. The van der Waals surface area contributed by atoms with Crippen molar-refractivity contribution in [3.8, 4) is 0 Å². The Labute approximate surface area is 201 Å². The zero-order valence-corrected chi connectivity index (χ0v) is 20.8. The number of hydrogen-bond donors (Lipinski definition) is 0. The number of aliphatic imine (C=N–C) groups is 1. The van der Waals surface area contributed by atoms with Crippen LogP contribution in [0.15, 0.2) is 65.7 Å². The van der Waals surface area contributed by atoms with Crippen LogP contribution in [0.4, 0.5) is 4.79 Å². The Kier molecular flexibility index (Phi) is 7.77. The fraction of sp³-hybridized carbons (Fsp3) is 0.444. The van der Waals surface area contributed by atoms with E-state index in [1.54, 1.807) is 13.8 Å². The lowest BCUT2D eigenvalue weighted by molar-refractivity contribution is -0.153. The van der Waals surface area contributed by atoms with Gasteiger partial charge in [-0.3, -0.25) is 9.89 Å². The van der Waals surface area contributed by atoms with Gasteiger partial charge in [0.25, 0.3) is 0 Å². The number of methoxy groups -OCH3 is 1. The lowest BCUT2D eigenvalue weighted by Gasteiger charge is -2.37. The minimum atomic E-state index is -1.21. The van der Waals surface area contributed by atoms with Crippen molar-refractivity contribution in [1.82, 2.24) is 4.90 Å². The van der Waals surface area contributed by atoms with Crippen molar-refractivity contribution in [2.75, 3.05) is 13.7 Å². The third kappa shape index (κ3) is 5.47. The zero-order valence-electron chi connectivity index (χ0n) is 20.8. The molecule has 0 bridgehead atoms. The van der Waals surface area contributed by atoms with Crippen LogP contribution in [-0.4, -0.2) is 59.8 Å². The van der Waals surface area contributed by atoms with E-state index >= 15 is 0 Å². The number of rotatable bonds is 7. The van der Waals surface area contributed by atoms with E-state index < -0.39 is 35.5 Å². The molecule has 1 aliphatic heterocycles. The topological polar surface area (TPSA) is 77.4 Å². The summed E-state index contributed by atoms with van der Waals surface area (Å²) in [5.74, 6) is -0.653. The lowest BCUT2D eigenvalue weighted by atomic mass is 10.0. The molecule has 1 saturated heterocycles. The molecule has 7 nitrogen and oxygen atoms in total. The van der Waals surface area contributed by atoms with E-state index in [9.17, 15) is 9.59 Å². The van der Waals surface area contributed by atoms with E-state index in [4.69, 9.17) is 19.2 Å². The Bertz CT molecular complexity index is 960. The number of benzene rings is 2. The monoisotopic (exact) mass is 466 g/mol. The van der Waals surface area contributed by atoms with Crippen molar-refractivity contribution in [1.29, 1.82) is 0 Å². The summed E-state index contributed by atoms with van der Waals surface area (Å²) < 4.78 is 16.6. The number of nitrogens with zero attached hydrogens (tertiary/aromatic N) is 2. The highest BCUT2D eigenvalue weighted by Crippen LogP contribution is 2.35. The first-order chi connectivity index (χ1) is 16.1. The molecular weight excluding hydrogens is 432 g/mol. The molecule has 1 aliphatic rings. The molecule has 182 valence electrons. The number of ether oxygens (including phenoxy) is 3. The van der Waals surface area contributed by atoms with Crippen LogP contribution in [-0.2, 0) is 19.0 Å². The molecule has 1 fully saturated rings. The number of carbonyl (C=O) groups is 2. The van der Waals surface area contributed by atoms with Crippen LogP contribution in [0.25, 0.3) is 0 Å². The van der Waals surface area contributed by atoms with Gasteiger partial charge in [0.15, 0.2) is 0 Å². The maximum absolute atomic E-state index is 13.3. The van der Waals surface area contributed by atoms with Gasteiger partial charge in [0, 0.05) is 11.1 Å². The summed E-state index contributed by atoms with van der Waals surface area (Å²) in [6.45, 7) is 9.66. The Balaban J connectivity index is 2.00. The highest BCUT2D eigenvalue weighted by molar-refractivity contribution is 6.13. The van der Waals surface area contributed by atoms with E-state index in [2.05, 4.69) is 0 Å². The second-order valence-corrected chi connectivity index (χ2v) is 9.40. The van der Waals surface area contributed by atoms with Gasteiger partial charge in [0.2, 0.25) is 6.10 Å². The fourth-order valence-corrected chi connectivity index (χ4v) is 4.29. The highest BCUT2D eigenvalue weighted by atomic mass is 16.6. The molecule has 34 heavy (non-hydrogen) atoms. The Hall–Kier alpha value is -3.19. The van der Waals surface area contributed by atoms with Gasteiger partial charge in [0.05, 0.1) is 31.0 Å². The molecule has 2 atom stereocenters. The molecule has 1 heterocycles. The third-order valence-corrected chi connectivity index (χ3v) is 5.92. The lowest BCUT2D eigenvalue weighted by Crippen LogP contribution is -2.54. The van der Waals surface area contributed by atoms with Crippen LogP contribution in [0.3, 0.4) is 0 Å². The van der Waals surface area contributed by atoms with Crippen molar-refractivity contribution in [2.24, 2.45) is 4.99 Å². The minimum absolute atomic E-state index is 0.361. The van der Waals surface area contributed by atoms with Gasteiger partial charge >= 0.3 is 12.1 Å². The normalized spacial score (nSPS) is 18.0. The van der Waals surface area contributed by atoms with Crippen molar-refractivity contribution in [3.63, 3.8) is 0 Å². The maximum Gasteiger partial charge on any atom is 0.413 e. The molecule has 2 aromatic rings. The molecule has 7 heteroatoms. The van der Waals surface area contributed by atoms with E-state index in [-0.39, 0.29) is 0 Å². The molecule has 0 N–H and O–H groups in total. The number of hydrogen-bond acceptors (Lipinski definition) is 6. The fourth-order valence-electron chi connectivity index (χ4n) is 4.29. The van der Waals surface area contributed by atoms with Crippen LogP contribution in [0, 0.1) is 0 Å². The summed E-state index contributed by atoms with van der Waals surface area (Å²) in [4.78, 5) is 32.6. The quantitative estimate of drug-likeness (QED) is 0.432. The van der Waals surface area contributed by atoms with Gasteiger partial charge < -0.3 is 14.2 Å². The van der Waals surface area contributed by atoms with Gasteiger partial charge in [-0.2, -0.15) is 0 Å². The predicted octanol–water partition coefficient (Wildman–Crippen LogP) is 4.83. The summed E-state index contributed by atoms with van der Waals surface area (Å²) in [6.07, 6.45) is -1.39. The number of amides is 1. The molecule has 1 amide bonds. The average Bonchev–Trinajstić information content (AvgIpc) is 3.06. The number of carbonyl (C=O) groups excluding carboxylic acids is 2. The van der Waals surface area contributed by atoms with Crippen LogP contribution >= 0.6 is 0 Å². The van der Waals surface area contributed by atoms with Crippen molar-refractivity contribution in [2.45, 2.75) is 64.4 Å².